The topological polar surface area (TPSA) is 110 Å². The maximum Gasteiger partial charge on any atom is 0.263 e. The van der Waals surface area contributed by atoms with Crippen LogP contribution in [-0.4, -0.2) is 47.5 Å². The highest BCUT2D eigenvalue weighted by molar-refractivity contribution is 7.21. The molecule has 3 atom stereocenters. The number of carbonyl (C=O) groups excluding carboxylic acids is 1. The number of nitrogens with two attached hydrogens (primary N) is 2. The Hall–Kier alpha value is -2.85. The summed E-state index contributed by atoms with van der Waals surface area (Å²) in [5.74, 6) is -0.325. The number of rotatable bonds is 4. The van der Waals surface area contributed by atoms with Crippen LogP contribution in [0.4, 0.5) is 20.3 Å². The summed E-state index contributed by atoms with van der Waals surface area (Å²) < 4.78 is 26.3. The Kier molecular flexibility index (Phi) is 5.65. The van der Waals surface area contributed by atoms with Gasteiger partial charge in [0, 0.05) is 41.9 Å². The van der Waals surface area contributed by atoms with E-state index in [2.05, 4.69) is 10.3 Å². The monoisotopic (exact) mass is 472 g/mol. The van der Waals surface area contributed by atoms with E-state index in [4.69, 9.17) is 16.5 Å². The van der Waals surface area contributed by atoms with Crippen molar-refractivity contribution in [1.82, 2.24) is 15.3 Å². The first-order valence-electron chi connectivity index (χ1n) is 11.0. The molecule has 0 saturated carbocycles. The molecule has 1 aliphatic heterocycles. The molecule has 7 nitrogen and oxygen atoms in total. The molecule has 4 heterocycles. The van der Waals surface area contributed by atoms with Crippen molar-refractivity contribution in [3.63, 3.8) is 0 Å². The fraction of sp³-hybridized carbons (Fsp3) is 0.435. The molecule has 174 valence electrons. The van der Waals surface area contributed by atoms with E-state index < -0.39 is 18.4 Å². The lowest BCUT2D eigenvalue weighted by molar-refractivity contribution is 0.0804. The van der Waals surface area contributed by atoms with Crippen molar-refractivity contribution < 1.29 is 13.6 Å². The second-order valence-electron chi connectivity index (χ2n) is 8.91. The highest BCUT2D eigenvalue weighted by Crippen LogP contribution is 2.33. The molecule has 10 heteroatoms. The molecular weight excluding hydrogens is 446 g/mol. The number of anilines is 2. The Morgan fingerprint density at radius 2 is 2.06 bits per heavy atom. The summed E-state index contributed by atoms with van der Waals surface area (Å²) in [4.78, 5) is 25.2. The molecule has 0 spiro atoms. The smallest absolute Gasteiger partial charge is 0.263 e. The number of pyridine rings is 2. The maximum atomic E-state index is 13.2. The summed E-state index contributed by atoms with van der Waals surface area (Å²) in [5.41, 5.74) is 15.5. The van der Waals surface area contributed by atoms with E-state index in [9.17, 15) is 13.6 Å². The van der Waals surface area contributed by atoms with E-state index in [0.29, 0.717) is 35.8 Å². The van der Waals surface area contributed by atoms with Crippen LogP contribution in [-0.2, 0) is 12.8 Å². The van der Waals surface area contributed by atoms with Crippen molar-refractivity contribution in [3.05, 3.63) is 46.1 Å². The molecule has 1 aliphatic carbocycles. The molecular formula is C23H26F2N6OS. The van der Waals surface area contributed by atoms with Gasteiger partial charge >= 0.3 is 0 Å². The molecule has 0 aromatic carbocycles. The zero-order valence-electron chi connectivity index (χ0n) is 18.2. The normalized spacial score (nSPS) is 22.7. The number of hydrogen-bond donors (Lipinski definition) is 3. The van der Waals surface area contributed by atoms with Gasteiger partial charge in [-0.3, -0.25) is 4.79 Å². The van der Waals surface area contributed by atoms with E-state index >= 15 is 0 Å². The summed E-state index contributed by atoms with van der Waals surface area (Å²) in [5, 5.41) is 3.91. The van der Waals surface area contributed by atoms with Crippen LogP contribution in [0.2, 0.25) is 0 Å². The first kappa shape index (κ1) is 22.0. The first-order chi connectivity index (χ1) is 15.8. The third-order valence-electron chi connectivity index (χ3n) is 6.58. The third-order valence-corrected chi connectivity index (χ3v) is 7.70. The van der Waals surface area contributed by atoms with Crippen LogP contribution >= 0.6 is 11.3 Å². The average molecular weight is 473 g/mol. The number of nitrogens with one attached hydrogen (secondary N) is 1. The highest BCUT2D eigenvalue weighted by atomic mass is 32.1. The van der Waals surface area contributed by atoms with Gasteiger partial charge in [-0.25, -0.2) is 18.7 Å². The molecule has 2 aliphatic rings. The molecule has 0 bridgehead atoms. The Labute approximate surface area is 194 Å². The largest absolute Gasteiger partial charge is 0.397 e. The van der Waals surface area contributed by atoms with E-state index in [1.54, 1.807) is 0 Å². The fourth-order valence-electron chi connectivity index (χ4n) is 4.72. The van der Waals surface area contributed by atoms with Crippen molar-refractivity contribution >= 4 is 39.0 Å². The Balaban J connectivity index is 1.27. The van der Waals surface area contributed by atoms with Gasteiger partial charge < -0.3 is 21.7 Å². The number of nitrogen functional groups attached to an aromatic ring is 1. The average Bonchev–Trinajstić information content (AvgIpc) is 3.33. The van der Waals surface area contributed by atoms with Crippen molar-refractivity contribution in [1.29, 1.82) is 0 Å². The minimum absolute atomic E-state index is 0.0274. The number of nitrogens with zero attached hydrogens (tertiary/aromatic N) is 3. The zero-order valence-corrected chi connectivity index (χ0v) is 19.0. The van der Waals surface area contributed by atoms with Gasteiger partial charge in [0.05, 0.1) is 11.6 Å². The van der Waals surface area contributed by atoms with Crippen LogP contribution in [0, 0.1) is 12.8 Å². The summed E-state index contributed by atoms with van der Waals surface area (Å²) in [6.07, 6.45) is -0.317. The molecule has 33 heavy (non-hydrogen) atoms. The van der Waals surface area contributed by atoms with Gasteiger partial charge in [0.25, 0.3) is 5.91 Å². The SMILES string of the molecule is Cc1ccc2c(N)c(C(=O)N[C@H]3CCc4nc(N5C[C@@H](N)[C@H](C(F)F)C5)ccc4C3)sc2n1. The summed E-state index contributed by atoms with van der Waals surface area (Å²) in [6, 6.07) is 7.05. The van der Waals surface area contributed by atoms with E-state index in [1.165, 1.54) is 11.3 Å². The van der Waals surface area contributed by atoms with Gasteiger partial charge in [-0.05, 0) is 49.9 Å². The van der Waals surface area contributed by atoms with Gasteiger partial charge in [0.2, 0.25) is 6.43 Å². The van der Waals surface area contributed by atoms with E-state index in [1.807, 2.05) is 36.1 Å². The Morgan fingerprint density at radius 3 is 2.82 bits per heavy atom. The highest BCUT2D eigenvalue weighted by Gasteiger charge is 2.37. The Morgan fingerprint density at radius 1 is 1.24 bits per heavy atom. The number of thiophene rings is 1. The van der Waals surface area contributed by atoms with E-state index in [-0.39, 0.29) is 18.5 Å². The number of aromatic nitrogens is 2. The number of amides is 1. The van der Waals surface area contributed by atoms with E-state index in [0.717, 1.165) is 33.6 Å². The summed E-state index contributed by atoms with van der Waals surface area (Å²) in [7, 11) is 0. The predicted molar refractivity (Wildman–Crippen MR) is 126 cm³/mol. The molecule has 0 radical (unpaired) electrons. The molecule has 3 aromatic rings. The van der Waals surface area contributed by atoms with Crippen molar-refractivity contribution in [2.45, 2.75) is 44.7 Å². The number of carbonyl (C=O) groups is 1. The first-order valence-corrected chi connectivity index (χ1v) is 11.9. The third kappa shape index (κ3) is 4.13. The lowest BCUT2D eigenvalue weighted by Crippen LogP contribution is -2.39. The van der Waals surface area contributed by atoms with Gasteiger partial charge in [0.1, 0.15) is 15.5 Å². The van der Waals surface area contributed by atoms with Crippen molar-refractivity contribution in [3.8, 4) is 0 Å². The van der Waals surface area contributed by atoms with Crippen LogP contribution in [0.3, 0.4) is 0 Å². The zero-order chi connectivity index (χ0) is 23.3. The van der Waals surface area contributed by atoms with Crippen LogP contribution < -0.4 is 21.7 Å². The second kappa shape index (κ2) is 8.49. The number of halogens is 2. The van der Waals surface area contributed by atoms with Crippen LogP contribution in [0.25, 0.3) is 10.2 Å². The number of aryl methyl sites for hydroxylation is 2. The molecule has 1 amide bonds. The number of hydrogen-bond acceptors (Lipinski definition) is 7. The van der Waals surface area contributed by atoms with Crippen molar-refractivity contribution in [2.24, 2.45) is 11.7 Å². The van der Waals surface area contributed by atoms with Crippen molar-refractivity contribution in [2.75, 3.05) is 23.7 Å². The summed E-state index contributed by atoms with van der Waals surface area (Å²) >= 11 is 1.31. The Bertz CT molecular complexity index is 1220. The standard InChI is InChI=1S/C23H26F2N6OS/c1-11-2-5-14-19(27)20(33-23(14)28-11)22(32)29-13-4-6-17-12(8-13)3-7-18(30-17)31-9-15(21(24)25)16(26)10-31/h2-3,5,7,13,15-16,21H,4,6,8-10,26-27H2,1H3,(H,29,32)/t13-,15+,16+/m0/s1. The quantitative estimate of drug-likeness (QED) is 0.539. The molecule has 1 fully saturated rings. The minimum Gasteiger partial charge on any atom is -0.397 e. The molecule has 3 aromatic heterocycles. The van der Waals surface area contributed by atoms with Gasteiger partial charge in [-0.2, -0.15) is 0 Å². The fourth-order valence-corrected chi connectivity index (χ4v) is 5.76. The van der Waals surface area contributed by atoms with Gasteiger partial charge in [-0.15, -0.1) is 11.3 Å². The lowest BCUT2D eigenvalue weighted by atomic mass is 9.91. The van der Waals surface area contributed by atoms with Crippen LogP contribution in [0.15, 0.2) is 24.3 Å². The maximum absolute atomic E-state index is 13.2. The molecule has 5 rings (SSSR count). The molecule has 0 unspecified atom stereocenters. The molecule has 1 saturated heterocycles. The van der Waals surface area contributed by atoms with Crippen LogP contribution in [0.5, 0.6) is 0 Å². The minimum atomic E-state index is -2.43. The van der Waals surface area contributed by atoms with Gasteiger partial charge in [-0.1, -0.05) is 6.07 Å². The molecule has 5 N–H and O–H groups in total. The summed E-state index contributed by atoms with van der Waals surface area (Å²) in [6.45, 7) is 2.50. The number of fused-ring (bicyclic) bond motifs is 2. The number of alkyl halides is 2. The van der Waals surface area contributed by atoms with Gasteiger partial charge in [0.15, 0.2) is 0 Å². The van der Waals surface area contributed by atoms with Crippen LogP contribution in [0.1, 0.15) is 33.0 Å². The predicted octanol–water partition coefficient (Wildman–Crippen LogP) is 2.90. The second-order valence-corrected chi connectivity index (χ2v) is 9.90. The lowest BCUT2D eigenvalue weighted by Gasteiger charge is -2.26.